The lowest BCUT2D eigenvalue weighted by Gasteiger charge is -2.03. The fourth-order valence-electron chi connectivity index (χ4n) is 3.43. The fraction of sp³-hybridized carbons (Fsp3) is 0.0800. The van der Waals surface area contributed by atoms with E-state index >= 15 is 0 Å². The summed E-state index contributed by atoms with van der Waals surface area (Å²) in [6.45, 7) is 1.82. The van der Waals surface area contributed by atoms with E-state index in [-0.39, 0.29) is 23.0 Å². The van der Waals surface area contributed by atoms with Gasteiger partial charge >= 0.3 is 0 Å². The molecule has 1 amide bonds. The van der Waals surface area contributed by atoms with Gasteiger partial charge < -0.3 is 5.32 Å². The first-order chi connectivity index (χ1) is 19.7. The van der Waals surface area contributed by atoms with Gasteiger partial charge in [0.2, 0.25) is 5.91 Å². The molecule has 0 aliphatic carbocycles. The molecule has 5 aromatic rings. The van der Waals surface area contributed by atoms with Crippen LogP contribution in [0.25, 0.3) is 10.2 Å². The number of non-ortho nitro benzene ring substituents is 1. The second-order valence-corrected chi connectivity index (χ2v) is 12.9. The maximum Gasteiger partial charge on any atom is 0.283 e. The van der Waals surface area contributed by atoms with Crippen molar-refractivity contribution in [2.45, 2.75) is 20.5 Å². The minimum absolute atomic E-state index is 0.0380. The molecule has 3 aromatic carbocycles. The summed E-state index contributed by atoms with van der Waals surface area (Å²) in [4.78, 5) is 43.3. The number of aliphatic imine (C=N–C) groups is 1. The van der Waals surface area contributed by atoms with Crippen LogP contribution in [-0.2, 0) is 4.79 Å². The zero-order valence-corrected chi connectivity index (χ0v) is 24.2. The van der Waals surface area contributed by atoms with Crippen molar-refractivity contribution in [2.75, 3.05) is 11.1 Å². The standard InChI is InChI=1S/C25H17N7O5S4/c1-14-29-30-25(39-14)40-21-9-2-15(10-20(21)32(36)37)12-26-17-5-8-19-22(11-17)41-24(28-19)38-13-23(33)27-16-3-6-18(7-4-16)31(34)35/h2-12H,13H2,1H3,(H,27,33). The molecular weight excluding hydrogens is 607 g/mol. The van der Waals surface area contributed by atoms with Gasteiger partial charge in [0, 0.05) is 30.1 Å². The second-order valence-electron chi connectivity index (χ2n) is 8.20. The van der Waals surface area contributed by atoms with Crippen LogP contribution in [0.4, 0.5) is 22.7 Å². The molecule has 0 saturated carbocycles. The Morgan fingerprint density at radius 3 is 2.51 bits per heavy atom. The zero-order valence-electron chi connectivity index (χ0n) is 20.9. The van der Waals surface area contributed by atoms with Crippen molar-refractivity contribution in [3.63, 3.8) is 0 Å². The van der Waals surface area contributed by atoms with Gasteiger partial charge in [-0.3, -0.25) is 30.0 Å². The Labute approximate surface area is 248 Å². The number of thioether (sulfide) groups is 1. The van der Waals surface area contributed by atoms with Crippen LogP contribution >= 0.6 is 46.2 Å². The Balaban J connectivity index is 1.22. The Hall–Kier alpha value is -4.25. The maximum atomic E-state index is 12.3. The van der Waals surface area contributed by atoms with E-state index in [0.29, 0.717) is 30.5 Å². The Kier molecular flexibility index (Phi) is 8.63. The molecule has 0 aliphatic heterocycles. The number of rotatable bonds is 10. The largest absolute Gasteiger partial charge is 0.325 e. The Morgan fingerprint density at radius 2 is 1.80 bits per heavy atom. The third kappa shape index (κ3) is 7.29. The van der Waals surface area contributed by atoms with Crippen LogP contribution in [0, 0.1) is 27.2 Å². The Bertz CT molecular complexity index is 1800. The number of aromatic nitrogens is 3. The van der Waals surface area contributed by atoms with E-state index in [1.807, 2.05) is 19.1 Å². The number of hydrogen-bond acceptors (Lipinski definition) is 13. The highest BCUT2D eigenvalue weighted by atomic mass is 32.2. The first-order valence-corrected chi connectivity index (χ1v) is 15.1. The molecule has 206 valence electrons. The van der Waals surface area contributed by atoms with Gasteiger partial charge in [-0.25, -0.2) is 4.98 Å². The molecular formula is C25H17N7O5S4. The average Bonchev–Trinajstić information content (AvgIpc) is 3.56. The van der Waals surface area contributed by atoms with Crippen molar-refractivity contribution in [3.8, 4) is 0 Å². The van der Waals surface area contributed by atoms with Gasteiger partial charge in [-0.15, -0.1) is 21.5 Å². The number of hydrogen-bond donors (Lipinski definition) is 1. The van der Waals surface area contributed by atoms with E-state index in [0.717, 1.165) is 15.2 Å². The molecule has 41 heavy (non-hydrogen) atoms. The molecule has 0 atom stereocenters. The van der Waals surface area contributed by atoms with E-state index in [9.17, 15) is 25.0 Å². The molecule has 16 heteroatoms. The minimum Gasteiger partial charge on any atom is -0.325 e. The van der Waals surface area contributed by atoms with Crippen molar-refractivity contribution in [2.24, 2.45) is 4.99 Å². The zero-order chi connectivity index (χ0) is 28.9. The van der Waals surface area contributed by atoms with Crippen molar-refractivity contribution in [3.05, 3.63) is 91.5 Å². The molecule has 0 spiro atoms. The molecule has 2 heterocycles. The van der Waals surface area contributed by atoms with Crippen LogP contribution in [0.2, 0.25) is 0 Å². The summed E-state index contributed by atoms with van der Waals surface area (Å²) >= 11 is 5.27. The highest BCUT2D eigenvalue weighted by molar-refractivity contribution is 8.01. The summed E-state index contributed by atoms with van der Waals surface area (Å²) in [5, 5.41) is 33.9. The van der Waals surface area contributed by atoms with E-state index in [1.54, 1.807) is 24.4 Å². The van der Waals surface area contributed by atoms with Gasteiger partial charge in [-0.2, -0.15) is 0 Å². The minimum atomic E-state index is -0.502. The molecule has 0 aliphatic rings. The second kappa shape index (κ2) is 12.5. The number of nitro groups is 2. The molecule has 12 nitrogen and oxygen atoms in total. The van der Waals surface area contributed by atoms with E-state index < -0.39 is 9.85 Å². The maximum absolute atomic E-state index is 12.3. The predicted molar refractivity (Wildman–Crippen MR) is 161 cm³/mol. The van der Waals surface area contributed by atoms with Crippen molar-refractivity contribution >= 4 is 91.3 Å². The summed E-state index contributed by atoms with van der Waals surface area (Å²) in [6.07, 6.45) is 1.57. The molecule has 5 rings (SSSR count). The highest BCUT2D eigenvalue weighted by Gasteiger charge is 2.17. The lowest BCUT2D eigenvalue weighted by molar-refractivity contribution is -0.387. The number of carbonyl (C=O) groups is 1. The van der Waals surface area contributed by atoms with Gasteiger partial charge in [0.05, 0.1) is 36.4 Å². The molecule has 0 unspecified atom stereocenters. The normalized spacial score (nSPS) is 11.2. The van der Waals surface area contributed by atoms with Gasteiger partial charge in [0.1, 0.15) is 5.01 Å². The molecule has 0 bridgehead atoms. The molecule has 1 N–H and O–H groups in total. The van der Waals surface area contributed by atoms with Crippen LogP contribution in [0.5, 0.6) is 0 Å². The monoisotopic (exact) mass is 623 g/mol. The van der Waals surface area contributed by atoms with E-state index in [1.165, 1.54) is 76.5 Å². The SMILES string of the molecule is Cc1nnc(Sc2ccc(C=Nc3ccc4nc(SCC(=O)Nc5ccc([N+](=O)[O-])cc5)sc4c3)cc2[N+](=O)[O-])s1. The lowest BCUT2D eigenvalue weighted by Crippen LogP contribution is -2.13. The van der Waals surface area contributed by atoms with Gasteiger partial charge in [-0.05, 0) is 48.9 Å². The summed E-state index contributed by atoms with van der Waals surface area (Å²) < 4.78 is 2.21. The quantitative estimate of drug-likeness (QED) is 0.0747. The number of nitrogens with zero attached hydrogens (tertiary/aromatic N) is 6. The van der Waals surface area contributed by atoms with Gasteiger partial charge in [-0.1, -0.05) is 40.9 Å². The average molecular weight is 624 g/mol. The smallest absolute Gasteiger partial charge is 0.283 e. The number of benzene rings is 3. The first kappa shape index (κ1) is 28.3. The summed E-state index contributed by atoms with van der Waals surface area (Å²) in [5.41, 5.74) is 2.37. The van der Waals surface area contributed by atoms with Crippen LogP contribution in [0.15, 0.2) is 79.2 Å². The third-order valence-corrected chi connectivity index (χ3v) is 9.40. The summed E-state index contributed by atoms with van der Waals surface area (Å²) in [6, 6.07) is 16.0. The molecule has 0 radical (unpaired) electrons. The number of nitrogens with one attached hydrogen (secondary N) is 1. The van der Waals surface area contributed by atoms with Crippen molar-refractivity contribution in [1.82, 2.24) is 15.2 Å². The Morgan fingerprint density at radius 1 is 1.00 bits per heavy atom. The predicted octanol–water partition coefficient (Wildman–Crippen LogP) is 6.91. The lowest BCUT2D eigenvalue weighted by atomic mass is 10.2. The molecule has 2 aromatic heterocycles. The van der Waals surface area contributed by atoms with Crippen LogP contribution in [0.3, 0.4) is 0 Å². The van der Waals surface area contributed by atoms with Crippen LogP contribution in [0.1, 0.15) is 10.6 Å². The van der Waals surface area contributed by atoms with Crippen molar-refractivity contribution in [1.29, 1.82) is 0 Å². The number of thiazole rings is 1. The van der Waals surface area contributed by atoms with Crippen LogP contribution < -0.4 is 5.32 Å². The van der Waals surface area contributed by atoms with Crippen molar-refractivity contribution < 1.29 is 14.6 Å². The molecule has 0 fully saturated rings. The summed E-state index contributed by atoms with van der Waals surface area (Å²) in [5.74, 6) is -0.140. The van der Waals surface area contributed by atoms with E-state index in [2.05, 4.69) is 25.5 Å². The van der Waals surface area contributed by atoms with Gasteiger partial charge in [0.25, 0.3) is 11.4 Å². The topological polar surface area (TPSA) is 166 Å². The first-order valence-electron chi connectivity index (χ1n) is 11.6. The van der Waals surface area contributed by atoms with E-state index in [4.69, 9.17) is 0 Å². The number of nitro benzene ring substituents is 2. The number of amides is 1. The van der Waals surface area contributed by atoms with Crippen LogP contribution in [-0.4, -0.2) is 42.9 Å². The highest BCUT2D eigenvalue weighted by Crippen LogP contribution is 2.37. The number of anilines is 1. The number of aryl methyl sites for hydroxylation is 1. The fourth-order valence-corrected chi connectivity index (χ4v) is 7.19. The third-order valence-electron chi connectivity index (χ3n) is 5.29. The van der Waals surface area contributed by atoms with Gasteiger partial charge in [0.15, 0.2) is 8.68 Å². The summed E-state index contributed by atoms with van der Waals surface area (Å²) in [7, 11) is 0. The number of fused-ring (bicyclic) bond motifs is 1. The molecule has 0 saturated heterocycles. The number of carbonyl (C=O) groups excluding carboxylic acids is 1.